The minimum atomic E-state index is -0.714. The van der Waals surface area contributed by atoms with Gasteiger partial charge in [-0.3, -0.25) is 4.79 Å². The first-order valence-corrected chi connectivity index (χ1v) is 4.34. The number of rotatable bonds is 7. The average Bonchev–Trinajstić information content (AvgIpc) is 2.10. The fourth-order valence-corrected chi connectivity index (χ4v) is 0.762. The lowest BCUT2D eigenvalue weighted by molar-refractivity contribution is -0.125. The Hall–Kier alpha value is -0.450. The second-order valence-electron chi connectivity index (χ2n) is 3.03. The van der Waals surface area contributed by atoms with Crippen LogP contribution in [0.1, 0.15) is 13.8 Å². The van der Waals surface area contributed by atoms with E-state index in [4.69, 9.17) is 9.47 Å². The first kappa shape index (κ1) is 12.6. The summed E-state index contributed by atoms with van der Waals surface area (Å²) in [5.74, 6) is -0.384. The van der Waals surface area contributed by atoms with Gasteiger partial charge in [0.15, 0.2) is 0 Å². The fraction of sp³-hybridized carbons (Fsp3) is 0.889. The van der Waals surface area contributed by atoms with E-state index >= 15 is 0 Å². The number of ether oxygens (including phenoxy) is 2. The molecule has 0 rings (SSSR count). The summed E-state index contributed by atoms with van der Waals surface area (Å²) in [6.07, 6.45) is -0.714. The van der Waals surface area contributed by atoms with E-state index < -0.39 is 6.10 Å². The van der Waals surface area contributed by atoms with Gasteiger partial charge in [0.2, 0.25) is 0 Å². The van der Waals surface area contributed by atoms with E-state index in [9.17, 15) is 9.90 Å². The minimum Gasteiger partial charge on any atom is -0.390 e. The molecule has 78 valence electrons. The Kier molecular flexibility index (Phi) is 6.76. The maximum atomic E-state index is 10.8. The molecule has 0 aliphatic rings. The molecule has 0 aromatic carbocycles. The van der Waals surface area contributed by atoms with Gasteiger partial charge in [-0.05, 0) is 6.92 Å². The SMILES string of the molecule is COCCOC[C@@H](O)[C@H](C)C(C)=O. The largest absolute Gasteiger partial charge is 0.390 e. The molecule has 0 aliphatic carbocycles. The van der Waals surface area contributed by atoms with E-state index in [0.717, 1.165) is 0 Å². The third-order valence-corrected chi connectivity index (χ3v) is 1.94. The molecule has 0 heterocycles. The zero-order valence-corrected chi connectivity index (χ0v) is 8.45. The summed E-state index contributed by atoms with van der Waals surface area (Å²) in [6, 6.07) is 0. The van der Waals surface area contributed by atoms with Crippen molar-refractivity contribution in [2.75, 3.05) is 26.9 Å². The second kappa shape index (κ2) is 7.00. The Morgan fingerprint density at radius 2 is 2.08 bits per heavy atom. The van der Waals surface area contributed by atoms with Crippen LogP contribution in [0.15, 0.2) is 0 Å². The molecule has 0 unspecified atom stereocenters. The molecular weight excluding hydrogens is 172 g/mol. The van der Waals surface area contributed by atoms with Crippen LogP contribution in [0.25, 0.3) is 0 Å². The van der Waals surface area contributed by atoms with Crippen LogP contribution in [0.4, 0.5) is 0 Å². The Balaban J connectivity index is 3.50. The molecule has 0 fully saturated rings. The van der Waals surface area contributed by atoms with Crippen molar-refractivity contribution in [3.63, 3.8) is 0 Å². The van der Waals surface area contributed by atoms with Crippen LogP contribution in [0.5, 0.6) is 0 Å². The monoisotopic (exact) mass is 190 g/mol. The number of methoxy groups -OCH3 is 1. The zero-order valence-electron chi connectivity index (χ0n) is 8.45. The molecule has 0 amide bonds. The summed E-state index contributed by atoms with van der Waals surface area (Å²) in [5.41, 5.74) is 0. The maximum Gasteiger partial charge on any atom is 0.135 e. The van der Waals surface area contributed by atoms with Crippen LogP contribution >= 0.6 is 0 Å². The van der Waals surface area contributed by atoms with Crippen molar-refractivity contribution in [1.29, 1.82) is 0 Å². The van der Waals surface area contributed by atoms with E-state index in [0.29, 0.717) is 13.2 Å². The van der Waals surface area contributed by atoms with Crippen molar-refractivity contribution < 1.29 is 19.4 Å². The lowest BCUT2D eigenvalue weighted by Crippen LogP contribution is -2.28. The normalized spacial score (nSPS) is 15.4. The minimum absolute atomic E-state index is 0.0251. The molecular formula is C9H18O4. The first-order chi connectivity index (χ1) is 6.09. The van der Waals surface area contributed by atoms with E-state index in [-0.39, 0.29) is 18.3 Å². The predicted octanol–water partition coefficient (Wildman–Crippen LogP) is 0.235. The standard InChI is InChI=1S/C9H18O4/c1-7(8(2)10)9(11)6-13-5-4-12-3/h7,9,11H,4-6H2,1-3H3/t7-,9-/m1/s1. The Morgan fingerprint density at radius 3 is 2.54 bits per heavy atom. The van der Waals surface area contributed by atoms with E-state index in [1.807, 2.05) is 0 Å². The summed E-state index contributed by atoms with van der Waals surface area (Å²) in [7, 11) is 1.58. The molecule has 0 aliphatic heterocycles. The Bertz CT molecular complexity index is 147. The Morgan fingerprint density at radius 1 is 1.46 bits per heavy atom. The average molecular weight is 190 g/mol. The van der Waals surface area contributed by atoms with Crippen molar-refractivity contribution in [3.8, 4) is 0 Å². The molecule has 0 saturated heterocycles. The van der Waals surface area contributed by atoms with Gasteiger partial charge < -0.3 is 14.6 Å². The summed E-state index contributed by atoms with van der Waals surface area (Å²) >= 11 is 0. The van der Waals surface area contributed by atoms with Gasteiger partial charge >= 0.3 is 0 Å². The third kappa shape index (κ3) is 5.74. The zero-order chi connectivity index (χ0) is 10.3. The van der Waals surface area contributed by atoms with Gasteiger partial charge in [0.05, 0.1) is 25.9 Å². The summed E-state index contributed by atoms with van der Waals surface area (Å²) < 4.78 is 9.84. The van der Waals surface area contributed by atoms with Crippen LogP contribution < -0.4 is 0 Å². The highest BCUT2D eigenvalue weighted by Crippen LogP contribution is 2.04. The van der Waals surface area contributed by atoms with Crippen LogP contribution in [0.3, 0.4) is 0 Å². The Labute approximate surface area is 78.8 Å². The topological polar surface area (TPSA) is 55.8 Å². The first-order valence-electron chi connectivity index (χ1n) is 4.34. The number of ketones is 1. The molecule has 0 bridgehead atoms. The summed E-state index contributed by atoms with van der Waals surface area (Å²) in [5, 5.41) is 9.40. The molecule has 4 nitrogen and oxygen atoms in total. The van der Waals surface area contributed by atoms with E-state index in [1.54, 1.807) is 14.0 Å². The fourth-order valence-electron chi connectivity index (χ4n) is 0.762. The number of aliphatic hydroxyl groups is 1. The number of aliphatic hydroxyl groups excluding tert-OH is 1. The van der Waals surface area contributed by atoms with Gasteiger partial charge in [-0.1, -0.05) is 6.92 Å². The van der Waals surface area contributed by atoms with Crippen LogP contribution in [0.2, 0.25) is 0 Å². The van der Waals surface area contributed by atoms with Gasteiger partial charge in [0.1, 0.15) is 5.78 Å². The lowest BCUT2D eigenvalue weighted by Gasteiger charge is -2.15. The van der Waals surface area contributed by atoms with Crippen LogP contribution in [-0.4, -0.2) is 43.9 Å². The van der Waals surface area contributed by atoms with Gasteiger partial charge in [0, 0.05) is 13.0 Å². The van der Waals surface area contributed by atoms with Gasteiger partial charge in [0.25, 0.3) is 0 Å². The molecule has 4 heteroatoms. The molecule has 1 N–H and O–H groups in total. The molecule has 0 aromatic heterocycles. The quantitative estimate of drug-likeness (QED) is 0.584. The number of carbonyl (C=O) groups is 1. The second-order valence-corrected chi connectivity index (χ2v) is 3.03. The number of hydrogen-bond donors (Lipinski definition) is 1. The van der Waals surface area contributed by atoms with Gasteiger partial charge in [-0.2, -0.15) is 0 Å². The van der Waals surface area contributed by atoms with Crippen molar-refractivity contribution in [2.45, 2.75) is 20.0 Å². The predicted molar refractivity (Wildman–Crippen MR) is 48.5 cm³/mol. The molecule has 2 atom stereocenters. The van der Waals surface area contributed by atoms with Crippen molar-refractivity contribution in [3.05, 3.63) is 0 Å². The van der Waals surface area contributed by atoms with E-state index in [1.165, 1.54) is 6.92 Å². The maximum absolute atomic E-state index is 10.8. The van der Waals surface area contributed by atoms with Gasteiger partial charge in [-0.15, -0.1) is 0 Å². The smallest absolute Gasteiger partial charge is 0.135 e. The number of Topliss-reactive ketones (excluding diaryl/α,β-unsaturated/α-hetero) is 1. The molecule has 13 heavy (non-hydrogen) atoms. The molecule has 0 saturated carbocycles. The molecule has 0 aromatic rings. The molecule has 0 radical (unpaired) electrons. The highest BCUT2D eigenvalue weighted by Gasteiger charge is 2.18. The summed E-state index contributed by atoms with van der Waals surface area (Å²) in [4.78, 5) is 10.8. The van der Waals surface area contributed by atoms with E-state index in [2.05, 4.69) is 0 Å². The van der Waals surface area contributed by atoms with Crippen LogP contribution in [-0.2, 0) is 14.3 Å². The number of carbonyl (C=O) groups excluding carboxylic acids is 1. The highest BCUT2D eigenvalue weighted by molar-refractivity contribution is 5.78. The van der Waals surface area contributed by atoms with Crippen molar-refractivity contribution in [1.82, 2.24) is 0 Å². The lowest BCUT2D eigenvalue weighted by atomic mass is 10.0. The van der Waals surface area contributed by atoms with Crippen LogP contribution in [0, 0.1) is 5.92 Å². The molecule has 0 spiro atoms. The van der Waals surface area contributed by atoms with Gasteiger partial charge in [-0.25, -0.2) is 0 Å². The van der Waals surface area contributed by atoms with Crippen molar-refractivity contribution >= 4 is 5.78 Å². The summed E-state index contributed by atoms with van der Waals surface area (Å²) in [6.45, 7) is 4.28. The highest BCUT2D eigenvalue weighted by atomic mass is 16.5. The van der Waals surface area contributed by atoms with Crippen molar-refractivity contribution in [2.24, 2.45) is 5.92 Å². The third-order valence-electron chi connectivity index (χ3n) is 1.94. The number of hydrogen-bond acceptors (Lipinski definition) is 4.